The first kappa shape index (κ1) is 24.9. The number of aromatic nitrogens is 2. The zero-order valence-electron chi connectivity index (χ0n) is 20.7. The lowest BCUT2D eigenvalue weighted by atomic mass is 10.1. The summed E-state index contributed by atoms with van der Waals surface area (Å²) < 4.78 is 5.85. The van der Waals surface area contributed by atoms with Gasteiger partial charge in [0.25, 0.3) is 11.8 Å². The molecule has 8 nitrogen and oxygen atoms in total. The van der Waals surface area contributed by atoms with Gasteiger partial charge in [-0.1, -0.05) is 17.9 Å². The quantitative estimate of drug-likeness (QED) is 0.552. The van der Waals surface area contributed by atoms with E-state index in [1.54, 1.807) is 51.4 Å². The van der Waals surface area contributed by atoms with Crippen molar-refractivity contribution < 1.29 is 19.4 Å². The van der Waals surface area contributed by atoms with Crippen LogP contribution in [0.3, 0.4) is 0 Å². The molecule has 0 saturated carbocycles. The lowest BCUT2D eigenvalue weighted by molar-refractivity contribution is -0.120. The maximum atomic E-state index is 13.2. The fraction of sp³-hybridized carbons (Fsp3) is 0.286. The molecule has 36 heavy (non-hydrogen) atoms. The summed E-state index contributed by atoms with van der Waals surface area (Å²) in [6, 6.07) is 13.7. The van der Waals surface area contributed by atoms with Crippen LogP contribution in [0.2, 0.25) is 0 Å². The Morgan fingerprint density at radius 2 is 2.06 bits per heavy atom. The second-order valence-corrected chi connectivity index (χ2v) is 9.22. The van der Waals surface area contributed by atoms with Crippen molar-refractivity contribution in [3.05, 3.63) is 82.9 Å². The molecule has 2 N–H and O–H groups in total. The van der Waals surface area contributed by atoms with Crippen LogP contribution in [0, 0.1) is 18.8 Å². The van der Waals surface area contributed by atoms with Crippen LogP contribution < -0.4 is 15.0 Å². The molecular weight excluding hydrogens is 456 g/mol. The van der Waals surface area contributed by atoms with Crippen LogP contribution in [0.5, 0.6) is 5.75 Å². The number of carbonyl (C=O) groups is 2. The zero-order chi connectivity index (χ0) is 25.9. The third-order valence-corrected chi connectivity index (χ3v) is 5.56. The molecule has 0 radical (unpaired) electrons. The number of nitrogens with one attached hydrogen (secondary N) is 1. The van der Waals surface area contributed by atoms with Gasteiger partial charge in [0.05, 0.1) is 5.69 Å². The molecular formula is C28H28N4O4. The third kappa shape index (κ3) is 6.06. The number of likely N-dealkylation sites (N-methyl/N-ethyl adjacent to an activating group) is 1. The topological polar surface area (TPSA) is 105 Å². The van der Waals surface area contributed by atoms with Crippen molar-refractivity contribution in [1.29, 1.82) is 0 Å². The number of pyridine rings is 2. The number of nitrogens with zero attached hydrogens (tertiary/aromatic N) is 3. The summed E-state index contributed by atoms with van der Waals surface area (Å²) in [5, 5.41) is 12.6. The van der Waals surface area contributed by atoms with E-state index in [2.05, 4.69) is 27.1 Å². The van der Waals surface area contributed by atoms with Crippen molar-refractivity contribution in [3.63, 3.8) is 0 Å². The van der Waals surface area contributed by atoms with Gasteiger partial charge in [0.1, 0.15) is 29.7 Å². The van der Waals surface area contributed by atoms with Gasteiger partial charge in [-0.2, -0.15) is 0 Å². The minimum absolute atomic E-state index is 0.0243. The van der Waals surface area contributed by atoms with Crippen molar-refractivity contribution in [2.24, 2.45) is 0 Å². The summed E-state index contributed by atoms with van der Waals surface area (Å²) in [6.45, 7) is 5.10. The van der Waals surface area contributed by atoms with Gasteiger partial charge in [-0.25, -0.2) is 0 Å². The maximum Gasteiger partial charge on any atom is 0.270 e. The molecule has 2 aromatic heterocycles. The van der Waals surface area contributed by atoms with Crippen molar-refractivity contribution in [3.8, 4) is 17.6 Å². The molecule has 1 aliphatic rings. The molecule has 3 heterocycles. The normalized spacial score (nSPS) is 15.2. The first-order valence-corrected chi connectivity index (χ1v) is 11.6. The van der Waals surface area contributed by atoms with Crippen LogP contribution in [0.25, 0.3) is 0 Å². The van der Waals surface area contributed by atoms with Crippen LogP contribution in [0.1, 0.15) is 46.9 Å². The van der Waals surface area contributed by atoms with Gasteiger partial charge in [-0.05, 0) is 68.8 Å². The van der Waals surface area contributed by atoms with Gasteiger partial charge in [-0.3, -0.25) is 19.6 Å². The summed E-state index contributed by atoms with van der Waals surface area (Å²) in [4.78, 5) is 36.3. The minimum Gasteiger partial charge on any atom is -0.489 e. The number of anilines is 1. The Morgan fingerprint density at radius 3 is 2.81 bits per heavy atom. The highest BCUT2D eigenvalue weighted by Gasteiger charge is 2.31. The van der Waals surface area contributed by atoms with E-state index in [0.717, 1.165) is 17.0 Å². The number of hydrogen-bond donors (Lipinski definition) is 2. The van der Waals surface area contributed by atoms with Crippen molar-refractivity contribution in [1.82, 2.24) is 15.3 Å². The Balaban J connectivity index is 1.48. The second-order valence-electron chi connectivity index (χ2n) is 9.22. The SMILES string of the molecule is Cc1cccc(Cc2ccnc(C(=O)N[C@@H]3COc4ccc(C#CC(C)(C)O)cc4N(C)C3=O)c2)n1. The molecule has 184 valence electrons. The van der Waals surface area contributed by atoms with E-state index in [-0.39, 0.29) is 18.2 Å². The van der Waals surface area contributed by atoms with Crippen molar-refractivity contribution in [2.75, 3.05) is 18.6 Å². The predicted octanol–water partition coefficient (Wildman–Crippen LogP) is 2.65. The smallest absolute Gasteiger partial charge is 0.270 e. The molecule has 0 unspecified atom stereocenters. The standard InChI is InChI=1S/C28H28N4O4/c1-18-6-5-7-21(30-18)14-20-11-13-29-22(15-20)26(33)31-23-17-36-25-9-8-19(10-12-28(2,3)35)16-24(25)32(4)27(23)34/h5-9,11,13,15-16,23,35H,14,17H2,1-4H3,(H,31,33)/t23-/m1/s1. The zero-order valence-corrected chi connectivity index (χ0v) is 20.7. The summed E-state index contributed by atoms with van der Waals surface area (Å²) in [7, 11) is 1.62. The summed E-state index contributed by atoms with van der Waals surface area (Å²) in [5.41, 5.74) is 2.94. The molecule has 0 aliphatic carbocycles. The van der Waals surface area contributed by atoms with Gasteiger partial charge in [0.15, 0.2) is 0 Å². The molecule has 1 aromatic carbocycles. The monoisotopic (exact) mass is 484 g/mol. The highest BCUT2D eigenvalue weighted by Crippen LogP contribution is 2.31. The Morgan fingerprint density at radius 1 is 1.25 bits per heavy atom. The molecule has 0 fully saturated rings. The molecule has 0 saturated heterocycles. The van der Waals surface area contributed by atoms with Gasteiger partial charge >= 0.3 is 0 Å². The molecule has 8 heteroatoms. The van der Waals surface area contributed by atoms with Crippen LogP contribution in [-0.2, 0) is 11.2 Å². The Labute approximate surface area is 210 Å². The summed E-state index contributed by atoms with van der Waals surface area (Å²) in [6.07, 6.45) is 2.14. The Hall–Kier alpha value is -4.22. The van der Waals surface area contributed by atoms with Crippen LogP contribution in [-0.4, -0.2) is 52.2 Å². The molecule has 1 atom stereocenters. The predicted molar refractivity (Wildman–Crippen MR) is 136 cm³/mol. The average Bonchev–Trinajstić information content (AvgIpc) is 2.94. The van der Waals surface area contributed by atoms with Crippen molar-refractivity contribution >= 4 is 17.5 Å². The van der Waals surface area contributed by atoms with E-state index < -0.39 is 17.6 Å². The highest BCUT2D eigenvalue weighted by atomic mass is 16.5. The number of carbonyl (C=O) groups excluding carboxylic acids is 2. The number of hydrogen-bond acceptors (Lipinski definition) is 6. The molecule has 3 aromatic rings. The number of aryl methyl sites for hydroxylation is 1. The Bertz CT molecular complexity index is 1370. The van der Waals surface area contributed by atoms with Crippen LogP contribution >= 0.6 is 0 Å². The maximum absolute atomic E-state index is 13.2. The van der Waals surface area contributed by atoms with E-state index >= 15 is 0 Å². The van der Waals surface area contributed by atoms with E-state index in [1.165, 1.54) is 4.90 Å². The number of rotatable bonds is 4. The van der Waals surface area contributed by atoms with E-state index in [4.69, 9.17) is 4.74 Å². The first-order chi connectivity index (χ1) is 17.1. The molecule has 4 rings (SSSR count). The fourth-order valence-corrected chi connectivity index (χ4v) is 3.75. The fourth-order valence-electron chi connectivity index (χ4n) is 3.75. The van der Waals surface area contributed by atoms with Crippen LogP contribution in [0.15, 0.2) is 54.7 Å². The first-order valence-electron chi connectivity index (χ1n) is 11.6. The van der Waals surface area contributed by atoms with Gasteiger partial charge in [0, 0.05) is 36.6 Å². The average molecular weight is 485 g/mol. The lowest BCUT2D eigenvalue weighted by Crippen LogP contribution is -2.49. The van der Waals surface area contributed by atoms with Crippen LogP contribution in [0.4, 0.5) is 5.69 Å². The Kier molecular flexibility index (Phi) is 7.04. The largest absolute Gasteiger partial charge is 0.489 e. The van der Waals surface area contributed by atoms with Gasteiger partial charge in [-0.15, -0.1) is 0 Å². The third-order valence-electron chi connectivity index (χ3n) is 5.56. The highest BCUT2D eigenvalue weighted by molar-refractivity contribution is 6.03. The minimum atomic E-state index is -1.14. The summed E-state index contributed by atoms with van der Waals surface area (Å²) in [5.74, 6) is 5.37. The summed E-state index contributed by atoms with van der Waals surface area (Å²) >= 11 is 0. The molecule has 0 bridgehead atoms. The van der Waals surface area contributed by atoms with E-state index in [0.29, 0.717) is 23.4 Å². The second kappa shape index (κ2) is 10.2. The van der Waals surface area contributed by atoms with Gasteiger partial charge in [0.2, 0.25) is 0 Å². The van der Waals surface area contributed by atoms with E-state index in [1.807, 2.05) is 31.2 Å². The number of amides is 2. The molecule has 1 aliphatic heterocycles. The number of fused-ring (bicyclic) bond motifs is 1. The number of ether oxygens (including phenoxy) is 1. The lowest BCUT2D eigenvalue weighted by Gasteiger charge is -2.20. The van der Waals surface area contributed by atoms with Gasteiger partial charge < -0.3 is 20.1 Å². The van der Waals surface area contributed by atoms with Crippen molar-refractivity contribution in [2.45, 2.75) is 38.8 Å². The molecule has 2 amide bonds. The van der Waals surface area contributed by atoms with E-state index in [9.17, 15) is 14.7 Å². The number of benzene rings is 1. The number of aliphatic hydroxyl groups is 1. The molecule has 0 spiro atoms.